The maximum Gasteiger partial charge on any atom is 0.165 e. The first-order chi connectivity index (χ1) is 13.7. The molecule has 1 aromatic rings. The van der Waals surface area contributed by atoms with Crippen molar-refractivity contribution in [1.29, 1.82) is 0 Å². The summed E-state index contributed by atoms with van der Waals surface area (Å²) in [7, 11) is 0. The van der Waals surface area contributed by atoms with E-state index in [-0.39, 0.29) is 11.9 Å². The molecule has 1 unspecified atom stereocenters. The monoisotopic (exact) mass is 386 g/mol. The fourth-order valence-corrected chi connectivity index (χ4v) is 6.34. The maximum atomic E-state index is 14.7. The van der Waals surface area contributed by atoms with Crippen LogP contribution in [0.3, 0.4) is 0 Å². The molecular weight excluding hydrogens is 347 g/mol. The van der Waals surface area contributed by atoms with E-state index < -0.39 is 0 Å². The third kappa shape index (κ3) is 4.41. The molecule has 2 aliphatic carbocycles. The van der Waals surface area contributed by atoms with E-state index in [9.17, 15) is 4.39 Å². The molecule has 1 aromatic carbocycles. The molecule has 2 saturated carbocycles. The number of hydrogen-bond donors (Lipinski definition) is 0. The Kier molecular flexibility index (Phi) is 6.63. The second kappa shape index (κ2) is 9.18. The van der Waals surface area contributed by atoms with Crippen LogP contribution in [0.25, 0.3) is 0 Å². The molecule has 1 aliphatic heterocycles. The van der Waals surface area contributed by atoms with Crippen molar-refractivity contribution in [3.8, 4) is 5.75 Å². The van der Waals surface area contributed by atoms with Gasteiger partial charge in [-0.3, -0.25) is 0 Å². The van der Waals surface area contributed by atoms with Crippen LogP contribution in [0.15, 0.2) is 12.1 Å². The van der Waals surface area contributed by atoms with Crippen molar-refractivity contribution >= 4 is 0 Å². The Morgan fingerprint density at radius 2 is 1.57 bits per heavy atom. The number of aryl methyl sites for hydroxylation is 1. The van der Waals surface area contributed by atoms with Gasteiger partial charge >= 0.3 is 0 Å². The molecule has 0 N–H and O–H groups in total. The highest BCUT2D eigenvalue weighted by atomic mass is 19.1. The van der Waals surface area contributed by atoms with E-state index in [2.05, 4.69) is 19.9 Å². The zero-order valence-corrected chi connectivity index (χ0v) is 18.0. The molecule has 28 heavy (non-hydrogen) atoms. The van der Waals surface area contributed by atoms with Crippen molar-refractivity contribution in [2.24, 2.45) is 17.8 Å². The minimum atomic E-state index is -0.123. The summed E-state index contributed by atoms with van der Waals surface area (Å²) in [6.07, 6.45) is 17.0. The van der Waals surface area contributed by atoms with Crippen LogP contribution in [0.1, 0.15) is 108 Å². The topological polar surface area (TPSA) is 9.23 Å². The first-order valence-electron chi connectivity index (χ1n) is 12.2. The first kappa shape index (κ1) is 20.2. The van der Waals surface area contributed by atoms with Crippen molar-refractivity contribution in [3.63, 3.8) is 0 Å². The van der Waals surface area contributed by atoms with Crippen LogP contribution in [-0.4, -0.2) is 6.10 Å². The van der Waals surface area contributed by atoms with Gasteiger partial charge in [0.2, 0.25) is 0 Å². The lowest BCUT2D eigenvalue weighted by Gasteiger charge is -2.38. The number of rotatable bonds is 5. The molecule has 2 fully saturated rings. The van der Waals surface area contributed by atoms with E-state index in [1.807, 2.05) is 0 Å². The van der Waals surface area contributed by atoms with Gasteiger partial charge in [0, 0.05) is 0 Å². The SMILES string of the molecule is CCCC1CCC(C2CCC(c3cc(F)c4c(c3)CCC(CC)O4)CC2)CC1. The van der Waals surface area contributed by atoms with Gasteiger partial charge in [-0.1, -0.05) is 45.6 Å². The Morgan fingerprint density at radius 3 is 2.21 bits per heavy atom. The highest BCUT2D eigenvalue weighted by Gasteiger charge is 2.32. The average Bonchev–Trinajstić information content (AvgIpc) is 2.74. The number of benzene rings is 1. The molecule has 0 radical (unpaired) electrons. The molecule has 1 atom stereocenters. The molecule has 0 bridgehead atoms. The predicted octanol–water partition coefficient (Wildman–Crippen LogP) is 7.81. The highest BCUT2D eigenvalue weighted by Crippen LogP contribution is 2.45. The van der Waals surface area contributed by atoms with E-state index in [4.69, 9.17) is 4.74 Å². The summed E-state index contributed by atoms with van der Waals surface area (Å²) in [6, 6.07) is 4.06. The normalized spacial score (nSPS) is 33.2. The number of halogens is 1. The minimum absolute atomic E-state index is 0.123. The molecule has 156 valence electrons. The summed E-state index contributed by atoms with van der Waals surface area (Å²) in [5.74, 6) is 3.87. The lowest BCUT2D eigenvalue weighted by Crippen LogP contribution is -2.26. The van der Waals surface area contributed by atoms with Gasteiger partial charge < -0.3 is 4.74 Å². The van der Waals surface area contributed by atoms with Crippen LogP contribution in [0.2, 0.25) is 0 Å². The molecule has 0 amide bonds. The van der Waals surface area contributed by atoms with Crippen molar-refractivity contribution in [1.82, 2.24) is 0 Å². The molecule has 0 saturated heterocycles. The lowest BCUT2D eigenvalue weighted by atomic mass is 9.68. The van der Waals surface area contributed by atoms with Gasteiger partial charge in [-0.2, -0.15) is 0 Å². The summed E-state index contributed by atoms with van der Waals surface area (Å²) in [5.41, 5.74) is 2.34. The van der Waals surface area contributed by atoms with Gasteiger partial charge in [0.05, 0.1) is 6.10 Å². The molecular formula is C26H39FO. The van der Waals surface area contributed by atoms with Crippen LogP contribution >= 0.6 is 0 Å². The van der Waals surface area contributed by atoms with Crippen molar-refractivity contribution in [2.45, 2.75) is 109 Å². The second-order valence-corrected chi connectivity index (χ2v) is 9.86. The molecule has 1 heterocycles. The predicted molar refractivity (Wildman–Crippen MR) is 114 cm³/mol. The largest absolute Gasteiger partial charge is 0.487 e. The zero-order valence-electron chi connectivity index (χ0n) is 18.0. The third-order valence-corrected chi connectivity index (χ3v) is 8.12. The molecule has 4 rings (SSSR count). The molecule has 2 heteroatoms. The lowest BCUT2D eigenvalue weighted by molar-refractivity contribution is 0.155. The van der Waals surface area contributed by atoms with Crippen molar-refractivity contribution in [2.75, 3.05) is 0 Å². The standard InChI is InChI=1S/C26H39FO/c1-3-5-18-6-8-19(9-7-18)20-10-12-21(13-11-20)23-16-22-14-15-24(4-2)28-26(22)25(27)17-23/h16-21,24H,3-15H2,1-2H3. The van der Waals surface area contributed by atoms with Gasteiger partial charge in [0.1, 0.15) is 0 Å². The van der Waals surface area contributed by atoms with Crippen LogP contribution in [-0.2, 0) is 6.42 Å². The van der Waals surface area contributed by atoms with Crippen molar-refractivity contribution < 1.29 is 9.13 Å². The summed E-state index contributed by atoms with van der Waals surface area (Å²) in [4.78, 5) is 0. The third-order valence-electron chi connectivity index (χ3n) is 8.12. The van der Waals surface area contributed by atoms with E-state index in [1.165, 1.54) is 69.8 Å². The van der Waals surface area contributed by atoms with Gasteiger partial charge in [-0.25, -0.2) is 4.39 Å². The van der Waals surface area contributed by atoms with Crippen LogP contribution < -0.4 is 4.74 Å². The van der Waals surface area contributed by atoms with Crippen LogP contribution in [0.4, 0.5) is 4.39 Å². The second-order valence-electron chi connectivity index (χ2n) is 9.86. The van der Waals surface area contributed by atoms with E-state index in [1.54, 1.807) is 6.07 Å². The Labute approximate surface area is 171 Å². The van der Waals surface area contributed by atoms with Crippen LogP contribution in [0.5, 0.6) is 5.75 Å². The van der Waals surface area contributed by atoms with Crippen LogP contribution in [0, 0.1) is 23.6 Å². The number of hydrogen-bond acceptors (Lipinski definition) is 1. The molecule has 0 spiro atoms. The first-order valence-corrected chi connectivity index (χ1v) is 12.2. The Bertz CT molecular complexity index is 638. The van der Waals surface area contributed by atoms with Gasteiger partial charge in [-0.15, -0.1) is 0 Å². The van der Waals surface area contributed by atoms with E-state index in [0.29, 0.717) is 11.7 Å². The number of ether oxygens (including phenoxy) is 1. The summed E-state index contributed by atoms with van der Waals surface area (Å²) < 4.78 is 20.6. The smallest absolute Gasteiger partial charge is 0.165 e. The summed E-state index contributed by atoms with van der Waals surface area (Å²) in [5, 5.41) is 0. The van der Waals surface area contributed by atoms with Crippen molar-refractivity contribution in [3.05, 3.63) is 29.1 Å². The van der Waals surface area contributed by atoms with Gasteiger partial charge in [0.15, 0.2) is 11.6 Å². The zero-order chi connectivity index (χ0) is 19.5. The summed E-state index contributed by atoms with van der Waals surface area (Å²) in [6.45, 7) is 4.45. The fraction of sp³-hybridized carbons (Fsp3) is 0.769. The maximum absolute atomic E-state index is 14.7. The van der Waals surface area contributed by atoms with Gasteiger partial charge in [-0.05, 0) is 98.7 Å². The van der Waals surface area contributed by atoms with E-state index >= 15 is 0 Å². The Hall–Kier alpha value is -1.05. The molecule has 1 nitrogen and oxygen atoms in total. The van der Waals surface area contributed by atoms with Gasteiger partial charge in [0.25, 0.3) is 0 Å². The highest BCUT2D eigenvalue weighted by molar-refractivity contribution is 5.41. The average molecular weight is 387 g/mol. The fourth-order valence-electron chi connectivity index (χ4n) is 6.34. The Balaban J connectivity index is 1.34. The van der Waals surface area contributed by atoms with E-state index in [0.717, 1.165) is 42.6 Å². The summed E-state index contributed by atoms with van der Waals surface area (Å²) >= 11 is 0. The minimum Gasteiger partial charge on any atom is -0.487 e. The quantitative estimate of drug-likeness (QED) is 0.501. The number of fused-ring (bicyclic) bond motifs is 1. The Morgan fingerprint density at radius 1 is 0.893 bits per heavy atom. The molecule has 3 aliphatic rings. The molecule has 0 aromatic heterocycles.